The van der Waals surface area contributed by atoms with Crippen molar-refractivity contribution in [3.05, 3.63) is 72.6 Å². The van der Waals surface area contributed by atoms with Gasteiger partial charge < -0.3 is 14.2 Å². The molecule has 30 heavy (non-hydrogen) atoms. The van der Waals surface area contributed by atoms with Crippen molar-refractivity contribution in [3.8, 4) is 5.75 Å². The summed E-state index contributed by atoms with van der Waals surface area (Å²) in [7, 11) is 2.06. The number of nitrogens with zero attached hydrogens (tertiary/aromatic N) is 3. The van der Waals surface area contributed by atoms with E-state index in [1.807, 2.05) is 53.4 Å². The predicted molar refractivity (Wildman–Crippen MR) is 119 cm³/mol. The molecule has 1 unspecified atom stereocenters. The summed E-state index contributed by atoms with van der Waals surface area (Å²) in [6.45, 7) is 1.53. The van der Waals surface area contributed by atoms with Gasteiger partial charge in [-0.1, -0.05) is 42.5 Å². The smallest absolute Gasteiger partial charge is 0.260 e. The lowest BCUT2D eigenvalue weighted by Gasteiger charge is -2.32. The quantitative estimate of drug-likeness (QED) is 0.507. The standard InChI is InChI=1S/C25H25N3O2/c1-27-23-11-5-4-10-22(23)26-25(27)20-9-6-14-28(16-20)24(29)17-30-21-13-12-18-7-2-3-8-19(18)15-21/h2-5,7-8,10-13,15,20H,6,9,14,16-17H2,1H3. The third-order valence-corrected chi connectivity index (χ3v) is 6.04. The summed E-state index contributed by atoms with van der Waals surface area (Å²) in [5.74, 6) is 2.07. The fourth-order valence-corrected chi connectivity index (χ4v) is 4.44. The largest absolute Gasteiger partial charge is 0.484 e. The Hall–Kier alpha value is -3.34. The molecule has 0 aliphatic carbocycles. The number of hydrogen-bond acceptors (Lipinski definition) is 3. The van der Waals surface area contributed by atoms with Crippen LogP contribution in [0.1, 0.15) is 24.6 Å². The first-order valence-electron chi connectivity index (χ1n) is 10.5. The van der Waals surface area contributed by atoms with Crippen LogP contribution in [0.4, 0.5) is 0 Å². The van der Waals surface area contributed by atoms with Crippen molar-refractivity contribution >= 4 is 27.7 Å². The van der Waals surface area contributed by atoms with Gasteiger partial charge in [0, 0.05) is 26.1 Å². The van der Waals surface area contributed by atoms with Crippen molar-refractivity contribution < 1.29 is 9.53 Å². The first-order chi connectivity index (χ1) is 14.7. The van der Waals surface area contributed by atoms with Crippen LogP contribution >= 0.6 is 0 Å². The molecule has 5 rings (SSSR count). The average molecular weight is 399 g/mol. The maximum Gasteiger partial charge on any atom is 0.260 e. The fourth-order valence-electron chi connectivity index (χ4n) is 4.44. The molecule has 1 amide bonds. The maximum atomic E-state index is 12.8. The highest BCUT2D eigenvalue weighted by molar-refractivity contribution is 5.84. The van der Waals surface area contributed by atoms with Gasteiger partial charge in [-0.05, 0) is 47.9 Å². The summed E-state index contributed by atoms with van der Waals surface area (Å²) in [5.41, 5.74) is 2.15. The zero-order valence-corrected chi connectivity index (χ0v) is 17.1. The lowest BCUT2D eigenvalue weighted by Crippen LogP contribution is -2.42. The minimum Gasteiger partial charge on any atom is -0.484 e. The van der Waals surface area contributed by atoms with Gasteiger partial charge in [-0.2, -0.15) is 0 Å². The van der Waals surface area contributed by atoms with Gasteiger partial charge in [-0.25, -0.2) is 4.98 Å². The molecule has 0 N–H and O–H groups in total. The molecule has 5 nitrogen and oxygen atoms in total. The van der Waals surface area contributed by atoms with Crippen LogP contribution in [0.2, 0.25) is 0 Å². The van der Waals surface area contributed by atoms with Crippen molar-refractivity contribution in [2.24, 2.45) is 7.05 Å². The molecule has 1 fully saturated rings. The number of piperidine rings is 1. The summed E-state index contributed by atoms with van der Waals surface area (Å²) in [5, 5.41) is 2.28. The molecule has 1 aliphatic rings. The Labute approximate surface area is 175 Å². The second kappa shape index (κ2) is 7.82. The average Bonchev–Trinajstić information content (AvgIpc) is 3.14. The molecule has 1 atom stereocenters. The number of carbonyl (C=O) groups is 1. The van der Waals surface area contributed by atoms with Crippen molar-refractivity contribution in [1.29, 1.82) is 0 Å². The molecule has 1 aromatic heterocycles. The van der Waals surface area contributed by atoms with Crippen LogP contribution in [0.15, 0.2) is 66.7 Å². The molecule has 3 aromatic carbocycles. The number of likely N-dealkylation sites (tertiary alicyclic amines) is 1. The van der Waals surface area contributed by atoms with Gasteiger partial charge in [0.15, 0.2) is 6.61 Å². The molecular formula is C25H25N3O2. The highest BCUT2D eigenvalue weighted by atomic mass is 16.5. The number of amides is 1. The van der Waals surface area contributed by atoms with E-state index < -0.39 is 0 Å². The van der Waals surface area contributed by atoms with Gasteiger partial charge in [-0.15, -0.1) is 0 Å². The molecule has 1 aliphatic heterocycles. The second-order valence-corrected chi connectivity index (χ2v) is 7.99. The van der Waals surface area contributed by atoms with Gasteiger partial charge in [0.25, 0.3) is 5.91 Å². The number of hydrogen-bond donors (Lipinski definition) is 0. The molecule has 2 heterocycles. The van der Waals surface area contributed by atoms with Crippen LogP contribution < -0.4 is 4.74 Å². The fraction of sp³-hybridized carbons (Fsp3) is 0.280. The molecule has 0 spiro atoms. The zero-order valence-electron chi connectivity index (χ0n) is 17.1. The van der Waals surface area contributed by atoms with Crippen molar-refractivity contribution in [2.75, 3.05) is 19.7 Å². The molecule has 4 aromatic rings. The van der Waals surface area contributed by atoms with Crippen LogP contribution in [0.3, 0.4) is 0 Å². The van der Waals surface area contributed by atoms with Crippen molar-refractivity contribution in [2.45, 2.75) is 18.8 Å². The van der Waals surface area contributed by atoms with E-state index in [1.54, 1.807) is 0 Å². The van der Waals surface area contributed by atoms with Crippen LogP contribution in [-0.4, -0.2) is 40.1 Å². The molecule has 0 bridgehead atoms. The SMILES string of the molecule is Cn1c(C2CCCN(C(=O)COc3ccc4ccccc4c3)C2)nc2ccccc21. The van der Waals surface area contributed by atoms with Crippen LogP contribution in [0.25, 0.3) is 21.8 Å². The van der Waals surface area contributed by atoms with Crippen molar-refractivity contribution in [1.82, 2.24) is 14.5 Å². The number of benzene rings is 3. The van der Waals surface area contributed by atoms with Crippen molar-refractivity contribution in [3.63, 3.8) is 0 Å². The lowest BCUT2D eigenvalue weighted by atomic mass is 9.97. The Morgan fingerprint density at radius 2 is 1.87 bits per heavy atom. The van der Waals surface area contributed by atoms with Gasteiger partial charge in [0.2, 0.25) is 0 Å². The van der Waals surface area contributed by atoms with Gasteiger partial charge >= 0.3 is 0 Å². The summed E-state index contributed by atoms with van der Waals surface area (Å²) in [6.07, 6.45) is 2.03. The van der Waals surface area contributed by atoms with Gasteiger partial charge in [0.1, 0.15) is 11.6 Å². The first-order valence-corrected chi connectivity index (χ1v) is 10.5. The molecular weight excluding hydrogens is 374 g/mol. The number of fused-ring (bicyclic) bond motifs is 2. The Morgan fingerprint density at radius 1 is 1.07 bits per heavy atom. The summed E-state index contributed by atoms with van der Waals surface area (Å²) in [4.78, 5) is 19.6. The van der Waals surface area contributed by atoms with Gasteiger partial charge in [-0.3, -0.25) is 4.79 Å². The topological polar surface area (TPSA) is 47.4 Å². The predicted octanol–water partition coefficient (Wildman–Crippen LogP) is 4.51. The number of rotatable bonds is 4. The van der Waals surface area contributed by atoms with E-state index in [2.05, 4.69) is 29.8 Å². The Bertz CT molecular complexity index is 1210. The van der Waals surface area contributed by atoms with Crippen LogP contribution in [0, 0.1) is 0 Å². The third kappa shape index (κ3) is 3.52. The second-order valence-electron chi connectivity index (χ2n) is 7.99. The first kappa shape index (κ1) is 18.7. The highest BCUT2D eigenvalue weighted by Gasteiger charge is 2.28. The summed E-state index contributed by atoms with van der Waals surface area (Å²) in [6, 6.07) is 22.3. The molecule has 0 saturated carbocycles. The van der Waals surface area contributed by atoms with Gasteiger partial charge in [0.05, 0.1) is 11.0 Å². The molecule has 5 heteroatoms. The number of aryl methyl sites for hydroxylation is 1. The normalized spacial score (nSPS) is 16.8. The highest BCUT2D eigenvalue weighted by Crippen LogP contribution is 2.29. The molecule has 152 valence electrons. The maximum absolute atomic E-state index is 12.8. The summed E-state index contributed by atoms with van der Waals surface area (Å²) >= 11 is 0. The molecule has 1 saturated heterocycles. The Kier molecular flexibility index (Phi) is 4.87. The third-order valence-electron chi connectivity index (χ3n) is 6.04. The molecule has 0 radical (unpaired) electrons. The number of para-hydroxylation sites is 2. The van der Waals surface area contributed by atoms with E-state index >= 15 is 0 Å². The Morgan fingerprint density at radius 3 is 2.73 bits per heavy atom. The number of imidazole rings is 1. The lowest BCUT2D eigenvalue weighted by molar-refractivity contribution is -0.134. The minimum atomic E-state index is 0.0339. The van der Waals surface area contributed by atoms with E-state index in [1.165, 1.54) is 0 Å². The monoisotopic (exact) mass is 399 g/mol. The van der Waals surface area contributed by atoms with E-state index in [9.17, 15) is 4.79 Å². The summed E-state index contributed by atoms with van der Waals surface area (Å²) < 4.78 is 8.00. The van der Waals surface area contributed by atoms with E-state index in [0.717, 1.165) is 52.8 Å². The number of ether oxygens (including phenoxy) is 1. The Balaban J connectivity index is 1.26. The van der Waals surface area contributed by atoms with Crippen LogP contribution in [-0.2, 0) is 11.8 Å². The van der Waals surface area contributed by atoms with Crippen LogP contribution in [0.5, 0.6) is 5.75 Å². The minimum absolute atomic E-state index is 0.0339. The zero-order chi connectivity index (χ0) is 20.5. The van der Waals surface area contributed by atoms with E-state index in [4.69, 9.17) is 9.72 Å². The van der Waals surface area contributed by atoms with E-state index in [-0.39, 0.29) is 18.4 Å². The number of carbonyl (C=O) groups excluding carboxylic acids is 1. The van der Waals surface area contributed by atoms with E-state index in [0.29, 0.717) is 6.54 Å². The number of aromatic nitrogens is 2.